The monoisotopic (exact) mass is 276 g/mol. The van der Waals surface area contributed by atoms with Crippen molar-refractivity contribution in [3.05, 3.63) is 36.4 Å². The van der Waals surface area contributed by atoms with Crippen molar-refractivity contribution < 1.29 is 13.9 Å². The predicted molar refractivity (Wildman–Crippen MR) is 73.0 cm³/mol. The summed E-state index contributed by atoms with van der Waals surface area (Å²) < 4.78 is 26.5. The number of aromatic nitrogens is 2. The highest BCUT2D eigenvalue weighted by atomic mass is 19.1. The van der Waals surface area contributed by atoms with Gasteiger partial charge in [-0.25, -0.2) is 9.37 Å². The molecule has 2 heterocycles. The van der Waals surface area contributed by atoms with Crippen molar-refractivity contribution in [3.8, 4) is 17.1 Å². The van der Waals surface area contributed by atoms with Gasteiger partial charge < -0.3 is 14.0 Å². The number of ether oxygens (including phenoxy) is 2. The van der Waals surface area contributed by atoms with Gasteiger partial charge in [0, 0.05) is 32.0 Å². The summed E-state index contributed by atoms with van der Waals surface area (Å²) in [4.78, 5) is 4.26. The lowest BCUT2D eigenvalue weighted by Crippen LogP contribution is -2.12. The van der Waals surface area contributed by atoms with E-state index < -0.39 is 0 Å². The molecule has 0 N–H and O–H groups in total. The van der Waals surface area contributed by atoms with Gasteiger partial charge in [-0.05, 0) is 24.6 Å². The Morgan fingerprint density at radius 2 is 2.40 bits per heavy atom. The number of halogens is 1. The number of imidazole rings is 1. The molecule has 0 amide bonds. The van der Waals surface area contributed by atoms with E-state index in [9.17, 15) is 4.39 Å². The summed E-state index contributed by atoms with van der Waals surface area (Å²) in [7, 11) is 1.88. The highest BCUT2D eigenvalue weighted by molar-refractivity contribution is 5.64. The molecule has 4 nitrogen and oxygen atoms in total. The molecule has 1 aromatic carbocycles. The first-order valence-corrected chi connectivity index (χ1v) is 6.72. The summed E-state index contributed by atoms with van der Waals surface area (Å²) >= 11 is 0. The average Bonchev–Trinajstić information content (AvgIpc) is 3.08. The molecule has 0 radical (unpaired) electrons. The zero-order valence-corrected chi connectivity index (χ0v) is 11.4. The average molecular weight is 276 g/mol. The number of nitrogens with zero attached hydrogens (tertiary/aromatic N) is 2. The topological polar surface area (TPSA) is 36.3 Å². The highest BCUT2D eigenvalue weighted by Crippen LogP contribution is 2.30. The van der Waals surface area contributed by atoms with Crippen LogP contribution in [0.25, 0.3) is 11.4 Å². The summed E-state index contributed by atoms with van der Waals surface area (Å²) in [6.45, 7) is 2.12. The minimum absolute atomic E-state index is 0.292. The van der Waals surface area contributed by atoms with E-state index in [0.29, 0.717) is 29.7 Å². The van der Waals surface area contributed by atoms with E-state index >= 15 is 0 Å². The molecule has 1 atom stereocenters. The fourth-order valence-corrected chi connectivity index (χ4v) is 2.35. The van der Waals surface area contributed by atoms with Gasteiger partial charge >= 0.3 is 0 Å². The first-order chi connectivity index (χ1) is 9.74. The first kappa shape index (κ1) is 13.1. The van der Waals surface area contributed by atoms with Crippen LogP contribution in [0.3, 0.4) is 0 Å². The zero-order valence-electron chi connectivity index (χ0n) is 11.4. The van der Waals surface area contributed by atoms with Crippen molar-refractivity contribution in [2.24, 2.45) is 13.0 Å². The summed E-state index contributed by atoms with van der Waals surface area (Å²) in [5.41, 5.74) is 0.677. The maximum atomic E-state index is 13.5. The van der Waals surface area contributed by atoms with Crippen LogP contribution in [0.2, 0.25) is 0 Å². The number of benzene rings is 1. The van der Waals surface area contributed by atoms with Crippen LogP contribution in [-0.2, 0) is 11.8 Å². The number of hydrogen-bond donors (Lipinski definition) is 0. The van der Waals surface area contributed by atoms with Gasteiger partial charge in [0.05, 0.1) is 18.8 Å². The van der Waals surface area contributed by atoms with Gasteiger partial charge in [-0.1, -0.05) is 0 Å². The molecule has 106 valence electrons. The molecule has 1 aliphatic rings. The van der Waals surface area contributed by atoms with Crippen LogP contribution in [0, 0.1) is 11.7 Å². The van der Waals surface area contributed by atoms with E-state index in [-0.39, 0.29) is 5.82 Å². The van der Waals surface area contributed by atoms with Crippen LogP contribution in [0.5, 0.6) is 5.75 Å². The second-order valence-electron chi connectivity index (χ2n) is 5.04. The van der Waals surface area contributed by atoms with E-state index in [4.69, 9.17) is 9.47 Å². The number of rotatable bonds is 4. The molecule has 1 unspecified atom stereocenters. The van der Waals surface area contributed by atoms with Gasteiger partial charge in [-0.3, -0.25) is 0 Å². The number of hydrogen-bond acceptors (Lipinski definition) is 3. The third kappa shape index (κ3) is 2.67. The second-order valence-corrected chi connectivity index (χ2v) is 5.04. The Morgan fingerprint density at radius 3 is 3.10 bits per heavy atom. The molecule has 1 aromatic heterocycles. The van der Waals surface area contributed by atoms with Crippen molar-refractivity contribution >= 4 is 0 Å². The molecule has 0 saturated carbocycles. The zero-order chi connectivity index (χ0) is 13.9. The van der Waals surface area contributed by atoms with Crippen molar-refractivity contribution in [1.82, 2.24) is 9.55 Å². The molecule has 1 saturated heterocycles. The fourth-order valence-electron chi connectivity index (χ4n) is 2.35. The SMILES string of the molecule is Cn1ccnc1-c1cc(F)ccc1OCC1CCOC1. The fraction of sp³-hybridized carbons (Fsp3) is 0.400. The summed E-state index contributed by atoms with van der Waals surface area (Å²) in [5, 5.41) is 0. The summed E-state index contributed by atoms with van der Waals surface area (Å²) in [6.07, 6.45) is 4.53. The van der Waals surface area contributed by atoms with Crippen molar-refractivity contribution in [1.29, 1.82) is 0 Å². The van der Waals surface area contributed by atoms with Gasteiger partial charge in [-0.15, -0.1) is 0 Å². The van der Waals surface area contributed by atoms with Crippen LogP contribution < -0.4 is 4.74 Å². The van der Waals surface area contributed by atoms with Gasteiger partial charge in [0.1, 0.15) is 17.4 Å². The quantitative estimate of drug-likeness (QED) is 0.861. The molecule has 0 bridgehead atoms. The Bertz CT molecular complexity index is 591. The molecule has 3 rings (SSSR count). The Morgan fingerprint density at radius 1 is 1.50 bits per heavy atom. The number of aryl methyl sites for hydroxylation is 1. The smallest absolute Gasteiger partial charge is 0.143 e. The maximum Gasteiger partial charge on any atom is 0.143 e. The summed E-state index contributed by atoms with van der Waals surface area (Å²) in [6, 6.07) is 4.53. The lowest BCUT2D eigenvalue weighted by molar-refractivity contribution is 0.167. The highest BCUT2D eigenvalue weighted by Gasteiger charge is 2.18. The molecule has 1 fully saturated rings. The third-order valence-corrected chi connectivity index (χ3v) is 3.50. The van der Waals surface area contributed by atoms with E-state index in [0.717, 1.165) is 19.6 Å². The van der Waals surface area contributed by atoms with Crippen LogP contribution >= 0.6 is 0 Å². The van der Waals surface area contributed by atoms with Crippen molar-refractivity contribution in [3.63, 3.8) is 0 Å². The molecule has 0 aliphatic carbocycles. The molecule has 0 spiro atoms. The molecular formula is C15H17FN2O2. The molecule has 5 heteroatoms. The second kappa shape index (κ2) is 5.63. The minimum Gasteiger partial charge on any atom is -0.492 e. The largest absolute Gasteiger partial charge is 0.492 e. The standard InChI is InChI=1S/C15H17FN2O2/c1-18-6-5-17-15(18)13-8-12(16)2-3-14(13)20-10-11-4-7-19-9-11/h2-3,5-6,8,11H,4,7,9-10H2,1H3. The molecule has 20 heavy (non-hydrogen) atoms. The lowest BCUT2D eigenvalue weighted by Gasteiger charge is -2.14. The Hall–Kier alpha value is -1.88. The van der Waals surface area contributed by atoms with Crippen LogP contribution in [0.1, 0.15) is 6.42 Å². The normalized spacial score (nSPS) is 18.4. The van der Waals surface area contributed by atoms with Crippen molar-refractivity contribution in [2.45, 2.75) is 6.42 Å². The van der Waals surface area contributed by atoms with Gasteiger partial charge in [0.2, 0.25) is 0 Å². The minimum atomic E-state index is -0.292. The molecular weight excluding hydrogens is 259 g/mol. The van der Waals surface area contributed by atoms with Crippen molar-refractivity contribution in [2.75, 3.05) is 19.8 Å². The van der Waals surface area contributed by atoms with E-state index in [1.807, 2.05) is 17.8 Å². The Kier molecular flexibility index (Phi) is 3.69. The summed E-state index contributed by atoms with van der Waals surface area (Å²) in [5.74, 6) is 1.48. The van der Waals surface area contributed by atoms with Crippen LogP contribution in [0.15, 0.2) is 30.6 Å². The lowest BCUT2D eigenvalue weighted by atomic mass is 10.1. The van der Waals surface area contributed by atoms with Gasteiger partial charge in [-0.2, -0.15) is 0 Å². The van der Waals surface area contributed by atoms with Crippen LogP contribution in [0.4, 0.5) is 4.39 Å². The third-order valence-electron chi connectivity index (χ3n) is 3.50. The maximum absolute atomic E-state index is 13.5. The Labute approximate surface area is 117 Å². The van der Waals surface area contributed by atoms with E-state index in [1.54, 1.807) is 12.3 Å². The van der Waals surface area contributed by atoms with E-state index in [1.165, 1.54) is 12.1 Å². The first-order valence-electron chi connectivity index (χ1n) is 6.72. The Balaban J connectivity index is 1.84. The predicted octanol–water partition coefficient (Wildman–Crippen LogP) is 2.64. The molecule has 2 aromatic rings. The van der Waals surface area contributed by atoms with Gasteiger partial charge in [0.15, 0.2) is 0 Å². The van der Waals surface area contributed by atoms with Crippen LogP contribution in [-0.4, -0.2) is 29.4 Å². The molecule has 1 aliphatic heterocycles. The van der Waals surface area contributed by atoms with E-state index in [2.05, 4.69) is 4.98 Å². The van der Waals surface area contributed by atoms with Gasteiger partial charge in [0.25, 0.3) is 0 Å².